The second-order valence-corrected chi connectivity index (χ2v) is 41.5. The van der Waals surface area contributed by atoms with E-state index in [4.69, 9.17) is 9.97 Å². The largest absolute Gasteiger partial charge is 0.309 e. The maximum atomic E-state index is 4.87. The summed E-state index contributed by atoms with van der Waals surface area (Å²) in [5, 5.41) is 0. The molecule has 0 fully saturated rings. The van der Waals surface area contributed by atoms with Gasteiger partial charge in [0.15, 0.2) is 0 Å². The van der Waals surface area contributed by atoms with E-state index in [0.29, 0.717) is 0 Å². The summed E-state index contributed by atoms with van der Waals surface area (Å²) in [5.41, 5.74) is 84.0. The molecule has 0 atom stereocenters. The third-order valence-corrected chi connectivity index (χ3v) is 34.3. The Kier molecular flexibility index (Phi) is 15.6. The van der Waals surface area contributed by atoms with E-state index in [2.05, 4.69) is 339 Å². The Bertz CT molecular complexity index is 8040. The zero-order valence-corrected chi connectivity index (χ0v) is 77.2. The quantitative estimate of drug-likeness (QED) is 0.149. The molecule has 0 N–H and O–H groups in total. The number of hydrogen-bond donors (Lipinski definition) is 0. The van der Waals surface area contributed by atoms with Crippen molar-refractivity contribution >= 4 is 68.4 Å². The van der Waals surface area contributed by atoms with Gasteiger partial charge in [0.1, 0.15) is 5.82 Å². The van der Waals surface area contributed by atoms with E-state index in [9.17, 15) is 0 Å². The van der Waals surface area contributed by atoms with Crippen molar-refractivity contribution in [1.82, 2.24) is 19.9 Å². The summed E-state index contributed by atoms with van der Waals surface area (Å²) >= 11 is 0. The molecule has 16 aromatic carbocycles. The fourth-order valence-corrected chi connectivity index (χ4v) is 28.4. The van der Waals surface area contributed by atoms with Crippen molar-refractivity contribution in [3.05, 3.63) is 519 Å². The zero-order chi connectivity index (χ0) is 90.7. The van der Waals surface area contributed by atoms with Gasteiger partial charge in [-0.3, -0.25) is 19.9 Å². The van der Waals surface area contributed by atoms with Gasteiger partial charge in [0.25, 0.3) is 0 Å². The number of rotatable bonds is 0. The summed E-state index contributed by atoms with van der Waals surface area (Å²) in [6.45, 7) is 0. The lowest BCUT2D eigenvalue weighted by Crippen LogP contribution is -2.26. The van der Waals surface area contributed by atoms with E-state index >= 15 is 0 Å². The van der Waals surface area contributed by atoms with Crippen molar-refractivity contribution in [3.8, 4) is 89.0 Å². The van der Waals surface area contributed by atoms with Crippen LogP contribution in [0.2, 0.25) is 0 Å². The summed E-state index contributed by atoms with van der Waals surface area (Å²) in [5.74, 6) is 1.10. The molecular weight excluding hydrogens is 1700 g/mol. The van der Waals surface area contributed by atoms with Gasteiger partial charge in [-0.05, 0) is 440 Å². The normalized spacial score (nSPS) is 14.9. The summed E-state index contributed by atoms with van der Waals surface area (Å²) in [6.07, 6.45) is 27.9. The molecule has 12 heterocycles. The highest BCUT2D eigenvalue weighted by molar-refractivity contribution is 6.02. The Hall–Kier alpha value is -16.7. The average Bonchev–Trinajstić information content (AvgIpc) is 1.45. The molecule has 0 spiro atoms. The lowest BCUT2D eigenvalue weighted by Gasteiger charge is -2.40. The minimum absolute atomic E-state index is 0.914. The van der Waals surface area contributed by atoms with Gasteiger partial charge in [0, 0.05) is 99.4 Å². The first-order valence-electron chi connectivity index (χ1n) is 50.3. The zero-order valence-electron chi connectivity index (χ0n) is 77.2. The number of benzene rings is 16. The standard InChI is InChI=1S/4C33H22N2/c1-3-9-25-19(6-1)12-22-15-27-23(16-26(22)25)17-29-28(27)18-24-13-20-7-2-4-10-31(20)35-32(24)30(29)14-21-8-5-11-34-33(21)35;1-3-8-24-19(6-1)12-21-14-26-22(15-25(21)24)16-28-27(26)17-23-13-20-7-2-4-9-31(20)35-32-10-5-11-34-30(32)18-29(28)33(23)35;1-3-7-25-19(5-1)11-21-13-27-22(14-26(21)25)15-29-28(27)16-23-12-20-6-2-4-8-31(20)35-32-9-10-34-18-24(32)17-30(29)33(23)35;1-3-7-25-19(5-1)11-22-14-27-23(15-26(22)25)16-29-28(27)17-24-12-20-6-2-4-8-31(20)35-32-18-34-10-9-21(32)13-30(29)33(24)35/h1-11,15-16,18H,12-14,17H2;1-11,14-15,17H,12-13,16,18H2;1-10,13-14,16,18H,11-12,15,17H2;1-10,14-15,17-18H,11-13,16H2. The van der Waals surface area contributed by atoms with Crippen molar-refractivity contribution in [3.63, 3.8) is 0 Å². The van der Waals surface area contributed by atoms with Crippen molar-refractivity contribution in [2.45, 2.75) is 103 Å². The molecule has 8 aliphatic heterocycles. The monoisotopic (exact) mass is 1780 g/mol. The fourth-order valence-electron chi connectivity index (χ4n) is 28.4. The van der Waals surface area contributed by atoms with Crippen LogP contribution in [-0.4, -0.2) is 19.9 Å². The van der Waals surface area contributed by atoms with Crippen molar-refractivity contribution in [1.29, 1.82) is 0 Å². The molecule has 656 valence electrons. The Balaban J connectivity index is 0.0000000829. The van der Waals surface area contributed by atoms with Crippen LogP contribution in [0.25, 0.3) is 89.0 Å². The van der Waals surface area contributed by atoms with Gasteiger partial charge in [0.05, 0.1) is 57.4 Å². The third kappa shape index (κ3) is 10.8. The summed E-state index contributed by atoms with van der Waals surface area (Å²) in [4.78, 5) is 28.7. The van der Waals surface area contributed by atoms with E-state index in [1.807, 2.05) is 31.0 Å². The molecule has 0 bridgehead atoms. The Labute approximate surface area is 812 Å². The predicted octanol–water partition coefficient (Wildman–Crippen LogP) is 30.0. The smallest absolute Gasteiger partial charge is 0.141 e. The van der Waals surface area contributed by atoms with E-state index in [1.54, 1.807) is 0 Å². The number of para-hydroxylation sites is 4. The van der Waals surface area contributed by atoms with Crippen LogP contribution < -0.4 is 19.6 Å². The van der Waals surface area contributed by atoms with Crippen LogP contribution in [0.5, 0.6) is 0 Å². The Morgan fingerprint density at radius 2 is 0.414 bits per heavy atom. The second-order valence-electron chi connectivity index (χ2n) is 41.5. The number of nitrogens with zero attached hydrogens (tertiary/aromatic N) is 8. The van der Waals surface area contributed by atoms with Gasteiger partial charge in [-0.15, -0.1) is 0 Å². The molecule has 4 aromatic heterocycles. The van der Waals surface area contributed by atoms with Crippen LogP contribution in [0.15, 0.2) is 340 Å². The first kappa shape index (κ1) is 76.5. The molecule has 20 aromatic rings. The fraction of sp³-hybridized carbons (Fsp3) is 0.121. The average molecular weight is 1790 g/mol. The van der Waals surface area contributed by atoms with Gasteiger partial charge < -0.3 is 14.7 Å². The molecule has 36 rings (SSSR count). The van der Waals surface area contributed by atoms with E-state index in [0.717, 1.165) is 109 Å². The van der Waals surface area contributed by atoms with Crippen LogP contribution >= 0.6 is 0 Å². The van der Waals surface area contributed by atoms with Crippen molar-refractivity contribution < 1.29 is 0 Å². The van der Waals surface area contributed by atoms with Crippen LogP contribution in [0.1, 0.15) is 178 Å². The SMILES string of the molecule is c1ccc2c(c1)Cc1cc3c(cc1-2)Cc1c-3cc2c3c1Cc1cccnc1N3c1ccccc1C2.c1ccc2c(c1)Cc1cc3c(cc1-2)Cc1c-3cc2c3c1Cc1ccncc1N3c1ccccc1C2.c1ccc2c(c1)Cc1cc3c(cc1-2)Cc1c-3cc2c3c1Cc1cnccc1N3c1ccccc1C2.c1ccc2c(c1)Cc1cc3c(cc1-2)Cc1c-3cc2c3c1Cc1ncccc1N3c1ccccc1C2. The molecule has 0 radical (unpaired) electrons. The van der Waals surface area contributed by atoms with Crippen LogP contribution in [0.3, 0.4) is 0 Å². The van der Waals surface area contributed by atoms with Gasteiger partial charge in [-0.25, -0.2) is 4.98 Å². The maximum Gasteiger partial charge on any atom is 0.141 e. The van der Waals surface area contributed by atoms with Crippen LogP contribution in [0, 0.1) is 0 Å². The Morgan fingerprint density at radius 1 is 0.150 bits per heavy atom. The van der Waals surface area contributed by atoms with Crippen LogP contribution in [0.4, 0.5) is 68.4 Å². The summed E-state index contributed by atoms with van der Waals surface area (Å²) in [6, 6.07) is 114. The lowest BCUT2D eigenvalue weighted by molar-refractivity contribution is 0.956. The molecule has 8 heteroatoms. The first-order valence-corrected chi connectivity index (χ1v) is 50.3. The highest BCUT2D eigenvalue weighted by Gasteiger charge is 2.44. The van der Waals surface area contributed by atoms with Crippen molar-refractivity contribution in [2.75, 3.05) is 19.6 Å². The van der Waals surface area contributed by atoms with E-state index in [-0.39, 0.29) is 0 Å². The number of hydrogen-bond acceptors (Lipinski definition) is 8. The van der Waals surface area contributed by atoms with Gasteiger partial charge in [-0.1, -0.05) is 176 Å². The van der Waals surface area contributed by atoms with Gasteiger partial charge >= 0.3 is 0 Å². The lowest BCUT2D eigenvalue weighted by atomic mass is 9.82. The highest BCUT2D eigenvalue weighted by atomic mass is 15.2. The topological polar surface area (TPSA) is 64.5 Å². The van der Waals surface area contributed by atoms with Crippen molar-refractivity contribution in [2.24, 2.45) is 0 Å². The maximum absolute atomic E-state index is 4.87. The molecule has 8 nitrogen and oxygen atoms in total. The minimum Gasteiger partial charge on any atom is -0.309 e. The molecule has 0 saturated carbocycles. The number of pyridine rings is 4. The number of aromatic nitrogens is 4. The van der Waals surface area contributed by atoms with Gasteiger partial charge in [-0.2, -0.15) is 0 Å². The molecule has 16 aliphatic rings. The Morgan fingerprint density at radius 3 is 0.843 bits per heavy atom. The van der Waals surface area contributed by atoms with E-state index in [1.165, 1.54) is 330 Å². The summed E-state index contributed by atoms with van der Waals surface area (Å²) in [7, 11) is 0. The number of fused-ring (bicyclic) bond motifs is 44. The minimum atomic E-state index is 0.914. The third-order valence-electron chi connectivity index (χ3n) is 34.3. The highest BCUT2D eigenvalue weighted by Crippen LogP contribution is 2.63. The number of anilines is 12. The molecular formula is C132H88N8. The van der Waals surface area contributed by atoms with Gasteiger partial charge in [0.2, 0.25) is 0 Å². The second kappa shape index (κ2) is 28.5. The molecule has 140 heavy (non-hydrogen) atoms. The first-order chi connectivity index (χ1) is 69.3. The molecule has 0 saturated heterocycles. The summed E-state index contributed by atoms with van der Waals surface area (Å²) < 4.78 is 0. The molecule has 8 aliphatic carbocycles. The molecule has 0 unspecified atom stereocenters. The van der Waals surface area contributed by atoms with Crippen LogP contribution in [-0.2, 0) is 103 Å². The molecule has 0 amide bonds. The predicted molar refractivity (Wildman–Crippen MR) is 564 cm³/mol. The van der Waals surface area contributed by atoms with E-state index < -0.39 is 0 Å².